The van der Waals surface area contributed by atoms with Crippen molar-refractivity contribution in [2.24, 2.45) is 0 Å². The van der Waals surface area contributed by atoms with Gasteiger partial charge in [-0.2, -0.15) is 5.10 Å². The standard InChI is InChI=1S/C17H18N4O3S2/c1-11-6-7-12(9-16(11)26(23,24)21(2)3)18-17(22)14-10-13(19-20-14)15-5-4-8-25-15/h4-10H,1-3H3,(H,18,22)(H,19,20). The SMILES string of the molecule is Cc1ccc(NC(=O)c2cc(-c3cccs3)[nH]n2)cc1S(=O)(=O)N(C)C. The maximum Gasteiger partial charge on any atom is 0.276 e. The maximum atomic E-state index is 12.4. The number of sulfonamides is 1. The molecular formula is C17H18N4O3S2. The minimum absolute atomic E-state index is 0.154. The van der Waals surface area contributed by atoms with Crippen LogP contribution in [0.25, 0.3) is 10.6 Å². The van der Waals surface area contributed by atoms with Crippen LogP contribution in [0.4, 0.5) is 5.69 Å². The van der Waals surface area contributed by atoms with Crippen molar-refractivity contribution < 1.29 is 13.2 Å². The number of benzene rings is 1. The molecule has 0 aliphatic rings. The fourth-order valence-electron chi connectivity index (χ4n) is 2.34. The summed E-state index contributed by atoms with van der Waals surface area (Å²) in [5, 5.41) is 11.5. The number of anilines is 1. The Hall–Kier alpha value is -2.49. The van der Waals surface area contributed by atoms with E-state index in [-0.39, 0.29) is 10.6 Å². The van der Waals surface area contributed by atoms with Crippen LogP contribution in [0.2, 0.25) is 0 Å². The fraction of sp³-hybridized carbons (Fsp3) is 0.176. The second kappa shape index (κ2) is 7.02. The van der Waals surface area contributed by atoms with Gasteiger partial charge in [0.2, 0.25) is 10.0 Å². The van der Waals surface area contributed by atoms with E-state index in [2.05, 4.69) is 15.5 Å². The Bertz CT molecular complexity index is 1040. The lowest BCUT2D eigenvalue weighted by Crippen LogP contribution is -2.23. The number of aromatic nitrogens is 2. The summed E-state index contributed by atoms with van der Waals surface area (Å²) in [6.07, 6.45) is 0. The van der Waals surface area contributed by atoms with Gasteiger partial charge in [0.15, 0.2) is 5.69 Å². The van der Waals surface area contributed by atoms with Crippen molar-refractivity contribution in [3.63, 3.8) is 0 Å². The molecule has 0 atom stereocenters. The summed E-state index contributed by atoms with van der Waals surface area (Å²) in [7, 11) is -0.658. The van der Waals surface area contributed by atoms with Gasteiger partial charge >= 0.3 is 0 Å². The Morgan fingerprint density at radius 2 is 2.00 bits per heavy atom. The highest BCUT2D eigenvalue weighted by Gasteiger charge is 2.21. The number of hydrogen-bond acceptors (Lipinski definition) is 5. The summed E-state index contributed by atoms with van der Waals surface area (Å²) in [5.41, 5.74) is 1.98. The quantitative estimate of drug-likeness (QED) is 0.700. The van der Waals surface area contributed by atoms with Crippen LogP contribution in [0.3, 0.4) is 0 Å². The summed E-state index contributed by atoms with van der Waals surface area (Å²) in [5.74, 6) is -0.416. The van der Waals surface area contributed by atoms with Gasteiger partial charge in [-0.3, -0.25) is 9.89 Å². The molecule has 3 rings (SSSR count). The van der Waals surface area contributed by atoms with Crippen LogP contribution in [0.1, 0.15) is 16.1 Å². The van der Waals surface area contributed by atoms with Crippen molar-refractivity contribution in [3.8, 4) is 10.6 Å². The van der Waals surface area contributed by atoms with Gasteiger partial charge in [-0.15, -0.1) is 11.3 Å². The monoisotopic (exact) mass is 390 g/mol. The summed E-state index contributed by atoms with van der Waals surface area (Å²) in [4.78, 5) is 13.6. The van der Waals surface area contributed by atoms with Crippen molar-refractivity contribution in [2.45, 2.75) is 11.8 Å². The molecule has 0 aliphatic carbocycles. The first-order valence-corrected chi connectivity index (χ1v) is 10.0. The number of amides is 1. The summed E-state index contributed by atoms with van der Waals surface area (Å²) >= 11 is 1.54. The molecule has 9 heteroatoms. The zero-order chi connectivity index (χ0) is 18.9. The minimum Gasteiger partial charge on any atom is -0.321 e. The highest BCUT2D eigenvalue weighted by atomic mass is 32.2. The number of rotatable bonds is 5. The maximum absolute atomic E-state index is 12.4. The van der Waals surface area contributed by atoms with Crippen LogP contribution in [0.15, 0.2) is 46.7 Å². The first-order chi connectivity index (χ1) is 12.3. The number of H-pyrrole nitrogens is 1. The normalized spacial score (nSPS) is 11.7. The van der Waals surface area contributed by atoms with Crippen molar-refractivity contribution in [1.82, 2.24) is 14.5 Å². The third kappa shape index (κ3) is 3.55. The van der Waals surface area contributed by atoms with E-state index in [4.69, 9.17) is 0 Å². The molecule has 2 aromatic heterocycles. The second-order valence-electron chi connectivity index (χ2n) is 5.87. The lowest BCUT2D eigenvalue weighted by molar-refractivity contribution is 0.102. The Balaban J connectivity index is 1.84. The second-order valence-corrected chi connectivity index (χ2v) is 8.93. The molecule has 1 aromatic carbocycles. The number of aromatic amines is 1. The van der Waals surface area contributed by atoms with Crippen LogP contribution in [0, 0.1) is 6.92 Å². The first kappa shape index (κ1) is 18.3. The molecule has 0 spiro atoms. The molecule has 0 unspecified atom stereocenters. The number of nitrogens with zero attached hydrogens (tertiary/aromatic N) is 2. The molecule has 0 bridgehead atoms. The van der Waals surface area contributed by atoms with E-state index in [1.54, 1.807) is 25.1 Å². The Morgan fingerprint density at radius 1 is 1.23 bits per heavy atom. The van der Waals surface area contributed by atoms with Crippen LogP contribution >= 0.6 is 11.3 Å². The lowest BCUT2D eigenvalue weighted by Gasteiger charge is -2.15. The third-order valence-corrected chi connectivity index (χ3v) is 6.66. The van der Waals surface area contributed by atoms with E-state index < -0.39 is 15.9 Å². The highest BCUT2D eigenvalue weighted by molar-refractivity contribution is 7.89. The number of thiophene rings is 1. The first-order valence-electron chi connectivity index (χ1n) is 7.73. The van der Waals surface area contributed by atoms with Crippen molar-refractivity contribution >= 4 is 33.0 Å². The largest absolute Gasteiger partial charge is 0.321 e. The van der Waals surface area contributed by atoms with E-state index in [0.29, 0.717) is 11.3 Å². The predicted molar refractivity (Wildman–Crippen MR) is 102 cm³/mol. The zero-order valence-corrected chi connectivity index (χ0v) is 16.1. The van der Waals surface area contributed by atoms with Crippen LogP contribution in [0.5, 0.6) is 0 Å². The molecule has 2 heterocycles. The third-order valence-electron chi connectivity index (χ3n) is 3.80. The number of carbonyl (C=O) groups excluding carboxylic acids is 1. The van der Waals surface area contributed by atoms with Crippen LogP contribution < -0.4 is 5.32 Å². The molecule has 2 N–H and O–H groups in total. The van der Waals surface area contributed by atoms with Gasteiger partial charge in [0, 0.05) is 19.8 Å². The molecule has 26 heavy (non-hydrogen) atoms. The van der Waals surface area contributed by atoms with E-state index >= 15 is 0 Å². The van der Waals surface area contributed by atoms with E-state index in [0.717, 1.165) is 14.9 Å². The van der Waals surface area contributed by atoms with Gasteiger partial charge in [-0.1, -0.05) is 12.1 Å². The molecule has 3 aromatic rings. The van der Waals surface area contributed by atoms with Crippen molar-refractivity contribution in [1.29, 1.82) is 0 Å². The van der Waals surface area contributed by atoms with Crippen LogP contribution in [-0.4, -0.2) is 42.9 Å². The average Bonchev–Trinajstić information content (AvgIpc) is 3.27. The smallest absolute Gasteiger partial charge is 0.276 e. The molecule has 0 saturated carbocycles. The van der Waals surface area contributed by atoms with Gasteiger partial charge < -0.3 is 5.32 Å². The van der Waals surface area contributed by atoms with E-state index in [9.17, 15) is 13.2 Å². The summed E-state index contributed by atoms with van der Waals surface area (Å²) in [6.45, 7) is 1.71. The molecule has 136 valence electrons. The topological polar surface area (TPSA) is 95.2 Å². The molecule has 0 saturated heterocycles. The predicted octanol–water partition coefficient (Wildman–Crippen LogP) is 2.95. The molecule has 0 aliphatic heterocycles. The molecular weight excluding hydrogens is 372 g/mol. The fourth-order valence-corrected chi connectivity index (χ4v) is 4.18. The van der Waals surface area contributed by atoms with Gasteiger partial charge in [-0.25, -0.2) is 12.7 Å². The van der Waals surface area contributed by atoms with Gasteiger partial charge in [0.25, 0.3) is 5.91 Å². The Morgan fingerprint density at radius 3 is 2.65 bits per heavy atom. The number of hydrogen-bond donors (Lipinski definition) is 2. The van der Waals surface area contributed by atoms with Gasteiger partial charge in [0.05, 0.1) is 15.5 Å². The van der Waals surface area contributed by atoms with E-state index in [1.165, 1.54) is 31.5 Å². The van der Waals surface area contributed by atoms with E-state index in [1.807, 2.05) is 17.5 Å². The number of carbonyl (C=O) groups is 1. The molecule has 1 amide bonds. The minimum atomic E-state index is -3.59. The van der Waals surface area contributed by atoms with Crippen molar-refractivity contribution in [2.75, 3.05) is 19.4 Å². The number of aryl methyl sites for hydroxylation is 1. The zero-order valence-electron chi connectivity index (χ0n) is 14.5. The van der Waals surface area contributed by atoms with Crippen LogP contribution in [-0.2, 0) is 10.0 Å². The van der Waals surface area contributed by atoms with Gasteiger partial charge in [-0.05, 0) is 42.1 Å². The summed E-state index contributed by atoms with van der Waals surface area (Å²) < 4.78 is 25.9. The molecule has 0 fully saturated rings. The Labute approximate surface area is 155 Å². The molecule has 0 radical (unpaired) electrons. The molecule has 7 nitrogen and oxygen atoms in total. The number of nitrogens with one attached hydrogen (secondary N) is 2. The van der Waals surface area contributed by atoms with Gasteiger partial charge in [0.1, 0.15) is 0 Å². The average molecular weight is 390 g/mol. The lowest BCUT2D eigenvalue weighted by atomic mass is 10.2. The highest BCUT2D eigenvalue weighted by Crippen LogP contribution is 2.25. The van der Waals surface area contributed by atoms with Crippen molar-refractivity contribution in [3.05, 3.63) is 53.0 Å². The summed E-state index contributed by atoms with van der Waals surface area (Å²) in [6, 6.07) is 10.3. The Kier molecular flexibility index (Phi) is 4.94.